The highest BCUT2D eigenvalue weighted by Crippen LogP contribution is 2.36. The number of amidine groups is 1. The predicted octanol–water partition coefficient (Wildman–Crippen LogP) is 3.27. The van der Waals surface area contributed by atoms with Gasteiger partial charge in [-0.2, -0.15) is 0 Å². The number of ether oxygens (including phenoxy) is 2. The van der Waals surface area contributed by atoms with Crippen molar-refractivity contribution in [1.82, 2.24) is 0 Å². The van der Waals surface area contributed by atoms with Gasteiger partial charge in [0.2, 0.25) is 0 Å². The van der Waals surface area contributed by atoms with Gasteiger partial charge in [-0.05, 0) is 49.4 Å². The molecule has 0 amide bonds. The smallest absolute Gasteiger partial charge is 0.169 e. The lowest BCUT2D eigenvalue weighted by atomic mass is 10.2. The van der Waals surface area contributed by atoms with E-state index < -0.39 is 0 Å². The van der Waals surface area contributed by atoms with Crippen LogP contribution in [0.4, 0.5) is 11.4 Å². The van der Waals surface area contributed by atoms with E-state index in [-0.39, 0.29) is 18.2 Å². The molecular weight excluding hydrogens is 318 g/mol. The van der Waals surface area contributed by atoms with Crippen molar-refractivity contribution in [1.29, 1.82) is 5.41 Å². The fourth-order valence-corrected chi connectivity index (χ4v) is 2.10. The van der Waals surface area contributed by atoms with Crippen LogP contribution in [0, 0.1) is 11.5 Å². The molecule has 2 aromatic carbocycles. The van der Waals surface area contributed by atoms with Crippen LogP contribution in [0.2, 0.25) is 0 Å². The Kier molecular flexibility index (Phi) is 6.39. The minimum absolute atomic E-state index is 0.00211. The fourth-order valence-electron chi connectivity index (χ4n) is 2.10. The summed E-state index contributed by atoms with van der Waals surface area (Å²) in [6.45, 7) is 4.17. The van der Waals surface area contributed by atoms with Crippen LogP contribution in [0.1, 0.15) is 25.8 Å². The molecule has 131 valence electrons. The summed E-state index contributed by atoms with van der Waals surface area (Å²) in [6.07, 6.45) is 0.421. The van der Waals surface area contributed by atoms with Gasteiger partial charge in [0.25, 0.3) is 0 Å². The van der Waals surface area contributed by atoms with Crippen LogP contribution in [-0.4, -0.2) is 24.8 Å². The van der Waals surface area contributed by atoms with Crippen molar-refractivity contribution in [2.45, 2.75) is 20.3 Å². The minimum atomic E-state index is -0.00211. The maximum atomic E-state index is 11.5. The number of rotatable bonds is 9. The zero-order valence-corrected chi connectivity index (χ0v) is 14.4. The van der Waals surface area contributed by atoms with E-state index in [2.05, 4.69) is 11.4 Å². The Hall–Kier alpha value is -3.02. The van der Waals surface area contributed by atoms with Crippen molar-refractivity contribution < 1.29 is 14.3 Å². The van der Waals surface area contributed by atoms with E-state index in [9.17, 15) is 4.79 Å². The summed E-state index contributed by atoms with van der Waals surface area (Å²) >= 11 is 0. The van der Waals surface area contributed by atoms with E-state index in [1.165, 1.54) is 0 Å². The number of hydrogen-bond donors (Lipinski definition) is 3. The van der Waals surface area contributed by atoms with Crippen LogP contribution in [0.5, 0.6) is 11.5 Å². The van der Waals surface area contributed by atoms with Crippen molar-refractivity contribution in [2.24, 2.45) is 5.73 Å². The van der Waals surface area contributed by atoms with Crippen LogP contribution in [-0.2, 0) is 4.79 Å². The highest BCUT2D eigenvalue weighted by atomic mass is 16.5. The number of nitrogens with two attached hydrogens (primary N) is 1. The van der Waals surface area contributed by atoms with Crippen LogP contribution in [0.15, 0.2) is 36.4 Å². The first-order valence-corrected chi connectivity index (χ1v) is 8.08. The molecule has 6 nitrogen and oxygen atoms in total. The molecular formula is C19H22N3O3. The molecule has 0 saturated carbocycles. The number of carbonyl (C=O) groups is 1. The van der Waals surface area contributed by atoms with Gasteiger partial charge in [0.15, 0.2) is 5.78 Å². The summed E-state index contributed by atoms with van der Waals surface area (Å²) in [6, 6.07) is 13.5. The van der Waals surface area contributed by atoms with Gasteiger partial charge in [-0.25, -0.2) is 0 Å². The molecule has 0 heterocycles. The topological polar surface area (TPSA) is 97.4 Å². The second-order valence-electron chi connectivity index (χ2n) is 5.29. The number of hydrogen-bond acceptors (Lipinski definition) is 5. The normalized spacial score (nSPS) is 10.2. The first-order valence-electron chi connectivity index (χ1n) is 8.08. The number of nitrogens with one attached hydrogen (secondary N) is 2. The van der Waals surface area contributed by atoms with Gasteiger partial charge in [0, 0.05) is 17.7 Å². The molecule has 0 unspecified atom stereocenters. The largest absolute Gasteiger partial charge is 0.492 e. The molecule has 0 saturated heterocycles. The Morgan fingerprint density at radius 3 is 2.36 bits per heavy atom. The lowest BCUT2D eigenvalue weighted by molar-refractivity contribution is -0.120. The van der Waals surface area contributed by atoms with E-state index >= 15 is 0 Å². The first kappa shape index (κ1) is 18.3. The quantitative estimate of drug-likeness (QED) is 0.481. The van der Waals surface area contributed by atoms with E-state index in [1.807, 2.05) is 19.1 Å². The summed E-state index contributed by atoms with van der Waals surface area (Å²) in [7, 11) is 0. The van der Waals surface area contributed by atoms with Crippen molar-refractivity contribution in [2.75, 3.05) is 18.5 Å². The molecule has 0 spiro atoms. The third-order valence-corrected chi connectivity index (χ3v) is 3.47. The van der Waals surface area contributed by atoms with Crippen molar-refractivity contribution in [3.8, 4) is 11.5 Å². The van der Waals surface area contributed by atoms with Crippen LogP contribution < -0.4 is 20.5 Å². The van der Waals surface area contributed by atoms with E-state index in [4.69, 9.17) is 20.6 Å². The van der Waals surface area contributed by atoms with Gasteiger partial charge in [0.05, 0.1) is 6.61 Å². The predicted molar refractivity (Wildman–Crippen MR) is 98.0 cm³/mol. The zero-order chi connectivity index (χ0) is 18.2. The Bertz CT molecular complexity index is 742. The summed E-state index contributed by atoms with van der Waals surface area (Å²) < 4.78 is 11.3. The fraction of sp³-hybridized carbons (Fsp3) is 0.263. The van der Waals surface area contributed by atoms with Gasteiger partial charge < -0.3 is 20.5 Å². The molecule has 6 heteroatoms. The summed E-state index contributed by atoms with van der Waals surface area (Å²) in [5, 5.41) is 10.7. The molecule has 0 aliphatic carbocycles. The highest BCUT2D eigenvalue weighted by Gasteiger charge is 2.13. The summed E-state index contributed by atoms with van der Waals surface area (Å²) in [4.78, 5) is 11.5. The Labute approximate surface area is 147 Å². The molecule has 25 heavy (non-hydrogen) atoms. The molecule has 1 radical (unpaired) electrons. The maximum absolute atomic E-state index is 11.5. The standard InChI is InChI=1S/C19H22N3O3/c1-3-15(23)12-25-17-7-5-6-16(24-4-2)18(17)22-14-10-8-13(9-11-14)19(20)21/h6-11,22H,3-4,12H2,1-2H3,(H3,20,21). The first-order chi connectivity index (χ1) is 12.0. The monoisotopic (exact) mass is 340 g/mol. The van der Waals surface area contributed by atoms with Gasteiger partial charge in [-0.3, -0.25) is 10.2 Å². The Morgan fingerprint density at radius 2 is 1.80 bits per heavy atom. The number of nitrogen functional groups attached to an aromatic ring is 1. The van der Waals surface area contributed by atoms with Gasteiger partial charge in [-0.15, -0.1) is 0 Å². The Morgan fingerprint density at radius 1 is 1.16 bits per heavy atom. The molecule has 0 aliphatic heterocycles. The maximum Gasteiger partial charge on any atom is 0.169 e. The van der Waals surface area contributed by atoms with Crippen molar-refractivity contribution in [3.05, 3.63) is 48.0 Å². The van der Waals surface area contributed by atoms with E-state index in [0.717, 1.165) is 5.69 Å². The van der Waals surface area contributed by atoms with Gasteiger partial charge >= 0.3 is 0 Å². The van der Waals surface area contributed by atoms with Crippen molar-refractivity contribution >= 4 is 23.0 Å². The Balaban J connectivity index is 2.28. The average Bonchev–Trinajstić information content (AvgIpc) is 2.62. The van der Waals surface area contributed by atoms with Crippen molar-refractivity contribution in [3.63, 3.8) is 0 Å². The van der Waals surface area contributed by atoms with Gasteiger partial charge in [0.1, 0.15) is 29.6 Å². The number of Topliss-reactive ketones (excluding diaryl/α,β-unsaturated/α-hetero) is 1. The third kappa shape index (κ3) is 4.97. The third-order valence-electron chi connectivity index (χ3n) is 3.47. The molecule has 0 bridgehead atoms. The number of anilines is 2. The molecule has 0 aliphatic rings. The lowest BCUT2D eigenvalue weighted by Crippen LogP contribution is -2.11. The average molecular weight is 340 g/mol. The molecule has 2 aromatic rings. The van der Waals surface area contributed by atoms with Crippen LogP contribution in [0.25, 0.3) is 0 Å². The number of ketones is 1. The molecule has 0 fully saturated rings. The van der Waals surface area contributed by atoms with E-state index in [1.54, 1.807) is 31.2 Å². The summed E-state index contributed by atoms with van der Waals surface area (Å²) in [5.74, 6) is 1.10. The van der Waals surface area contributed by atoms with Crippen LogP contribution >= 0.6 is 0 Å². The molecule has 0 aromatic heterocycles. The minimum Gasteiger partial charge on any atom is -0.492 e. The van der Waals surface area contributed by atoms with E-state index in [0.29, 0.717) is 35.8 Å². The second kappa shape index (κ2) is 8.73. The number of carbonyl (C=O) groups excluding carboxylic acids is 1. The second-order valence-corrected chi connectivity index (χ2v) is 5.29. The van der Waals surface area contributed by atoms with Gasteiger partial charge in [-0.1, -0.05) is 6.92 Å². The SMILES string of the molecule is CCOc1c[c]cc(OCC(=O)CC)c1Nc1ccc(C(=N)N)cc1. The summed E-state index contributed by atoms with van der Waals surface area (Å²) in [5.41, 5.74) is 7.52. The molecule has 0 atom stereocenters. The lowest BCUT2D eigenvalue weighted by Gasteiger charge is -2.17. The number of benzene rings is 2. The van der Waals surface area contributed by atoms with Crippen LogP contribution in [0.3, 0.4) is 0 Å². The molecule has 2 rings (SSSR count). The molecule has 4 N–H and O–H groups in total. The zero-order valence-electron chi connectivity index (χ0n) is 14.4. The highest BCUT2D eigenvalue weighted by molar-refractivity contribution is 5.95.